The predicted molar refractivity (Wildman–Crippen MR) is 111 cm³/mol. The smallest absolute Gasteiger partial charge is 0.291 e. The van der Waals surface area contributed by atoms with E-state index >= 15 is 0 Å². The van der Waals surface area contributed by atoms with E-state index in [9.17, 15) is 9.59 Å². The number of carbonyl (C=O) groups is 2. The second-order valence-electron chi connectivity index (χ2n) is 7.12. The lowest BCUT2D eigenvalue weighted by Gasteiger charge is -2.07. The molecule has 2 amide bonds. The van der Waals surface area contributed by atoms with E-state index in [1.807, 2.05) is 13.0 Å². The van der Waals surface area contributed by atoms with Crippen LogP contribution in [0.5, 0.6) is 5.75 Å². The number of nitrogens with one attached hydrogen (secondary N) is 2. The molecule has 1 aromatic carbocycles. The molecule has 8 heteroatoms. The molecular formula is C22H24N4O4. The monoisotopic (exact) mass is 408 g/mol. The van der Waals surface area contributed by atoms with Crippen molar-refractivity contribution in [3.05, 3.63) is 64.9 Å². The van der Waals surface area contributed by atoms with Gasteiger partial charge >= 0.3 is 0 Å². The van der Waals surface area contributed by atoms with Gasteiger partial charge in [-0.05, 0) is 61.6 Å². The summed E-state index contributed by atoms with van der Waals surface area (Å²) >= 11 is 0. The number of amides is 2. The molecule has 0 unspecified atom stereocenters. The van der Waals surface area contributed by atoms with E-state index in [2.05, 4.69) is 27.9 Å². The maximum atomic E-state index is 12.6. The quantitative estimate of drug-likeness (QED) is 0.626. The number of hydrogen-bond acceptors (Lipinski definition) is 5. The number of hydrogen-bond donors (Lipinski definition) is 2. The molecule has 0 spiro atoms. The molecule has 2 heterocycles. The molecule has 0 radical (unpaired) electrons. The maximum Gasteiger partial charge on any atom is 0.291 e. The fraction of sp³-hybridized carbons (Fsp3) is 0.318. The Morgan fingerprint density at radius 2 is 2.00 bits per heavy atom. The predicted octanol–water partition coefficient (Wildman–Crippen LogP) is 3.18. The Morgan fingerprint density at radius 3 is 2.80 bits per heavy atom. The zero-order valence-electron chi connectivity index (χ0n) is 17.0. The number of rotatable bonds is 7. The van der Waals surface area contributed by atoms with Gasteiger partial charge in [-0.1, -0.05) is 6.07 Å². The van der Waals surface area contributed by atoms with Gasteiger partial charge in [-0.25, -0.2) is 0 Å². The minimum absolute atomic E-state index is 0.134. The van der Waals surface area contributed by atoms with Crippen LogP contribution in [0.4, 0.5) is 5.69 Å². The molecule has 0 saturated carbocycles. The van der Waals surface area contributed by atoms with Crippen molar-refractivity contribution < 1.29 is 18.7 Å². The largest absolute Gasteiger partial charge is 0.486 e. The molecule has 0 bridgehead atoms. The molecule has 8 nitrogen and oxygen atoms in total. The van der Waals surface area contributed by atoms with Crippen molar-refractivity contribution in [2.45, 2.75) is 39.3 Å². The van der Waals surface area contributed by atoms with Gasteiger partial charge in [-0.3, -0.25) is 14.3 Å². The van der Waals surface area contributed by atoms with Crippen molar-refractivity contribution in [1.82, 2.24) is 15.1 Å². The summed E-state index contributed by atoms with van der Waals surface area (Å²) in [6, 6.07) is 9.44. The van der Waals surface area contributed by atoms with Gasteiger partial charge < -0.3 is 19.8 Å². The number of furan rings is 1. The van der Waals surface area contributed by atoms with E-state index in [0.29, 0.717) is 18.0 Å². The average molecular weight is 408 g/mol. The number of ether oxygens (including phenoxy) is 1. The van der Waals surface area contributed by atoms with E-state index in [-0.39, 0.29) is 24.0 Å². The zero-order chi connectivity index (χ0) is 21.1. The molecule has 0 aliphatic heterocycles. The van der Waals surface area contributed by atoms with E-state index in [1.165, 1.54) is 24.6 Å². The molecular weight excluding hydrogens is 384 g/mol. The van der Waals surface area contributed by atoms with Crippen LogP contribution in [0.2, 0.25) is 0 Å². The number of carbonyl (C=O) groups excluding carboxylic acids is 2. The SMILES string of the molecule is CCn1cc(NC(=O)c2ccc(COc3ccc4c(c3)CCC4)o2)c(C(=O)NC)n1. The van der Waals surface area contributed by atoms with Gasteiger partial charge in [-0.15, -0.1) is 0 Å². The van der Waals surface area contributed by atoms with Gasteiger partial charge in [0.25, 0.3) is 11.8 Å². The van der Waals surface area contributed by atoms with Crippen LogP contribution in [-0.4, -0.2) is 28.6 Å². The summed E-state index contributed by atoms with van der Waals surface area (Å²) in [5.74, 6) is 0.631. The van der Waals surface area contributed by atoms with Crippen LogP contribution in [0.3, 0.4) is 0 Å². The summed E-state index contributed by atoms with van der Waals surface area (Å²) in [5.41, 5.74) is 3.21. The van der Waals surface area contributed by atoms with Gasteiger partial charge in [0, 0.05) is 19.8 Å². The second-order valence-corrected chi connectivity index (χ2v) is 7.12. The van der Waals surface area contributed by atoms with Gasteiger partial charge in [0.15, 0.2) is 11.5 Å². The third kappa shape index (κ3) is 4.07. The van der Waals surface area contributed by atoms with Crippen molar-refractivity contribution in [2.75, 3.05) is 12.4 Å². The molecule has 1 aliphatic rings. The Labute approximate surface area is 174 Å². The molecule has 4 rings (SSSR count). The molecule has 3 aromatic rings. The summed E-state index contributed by atoms with van der Waals surface area (Å²) in [6.45, 7) is 2.69. The van der Waals surface area contributed by atoms with Crippen molar-refractivity contribution in [3.63, 3.8) is 0 Å². The molecule has 30 heavy (non-hydrogen) atoms. The first kappa shape index (κ1) is 19.8. The summed E-state index contributed by atoms with van der Waals surface area (Å²) in [5, 5.41) is 9.39. The Hall–Kier alpha value is -3.55. The van der Waals surface area contributed by atoms with Crippen LogP contribution in [-0.2, 0) is 26.0 Å². The first-order valence-electron chi connectivity index (χ1n) is 10.0. The standard InChI is InChI=1S/C22H24N4O4/c1-3-26-12-18(20(25-26)22(28)23-2)24-21(27)19-10-9-17(30-19)13-29-16-8-7-14-5-4-6-15(14)11-16/h7-12H,3-6,13H2,1-2H3,(H,23,28)(H,24,27). The van der Waals surface area contributed by atoms with Crippen molar-refractivity contribution in [3.8, 4) is 5.75 Å². The van der Waals surface area contributed by atoms with Gasteiger partial charge in [0.2, 0.25) is 0 Å². The second kappa shape index (κ2) is 8.44. The minimum atomic E-state index is -0.459. The molecule has 0 saturated heterocycles. The van der Waals surface area contributed by atoms with Crippen LogP contribution in [0.15, 0.2) is 40.9 Å². The number of nitrogens with zero attached hydrogens (tertiary/aromatic N) is 2. The first-order valence-corrected chi connectivity index (χ1v) is 10.0. The fourth-order valence-corrected chi connectivity index (χ4v) is 3.51. The third-order valence-electron chi connectivity index (χ3n) is 5.11. The Kier molecular flexibility index (Phi) is 5.56. The Bertz CT molecular complexity index is 1080. The topological polar surface area (TPSA) is 98.4 Å². The highest BCUT2D eigenvalue weighted by atomic mass is 16.5. The normalized spacial score (nSPS) is 12.5. The summed E-state index contributed by atoms with van der Waals surface area (Å²) in [7, 11) is 1.51. The van der Waals surface area contributed by atoms with E-state index < -0.39 is 5.91 Å². The highest BCUT2D eigenvalue weighted by molar-refractivity contribution is 6.06. The van der Waals surface area contributed by atoms with Crippen LogP contribution in [0.25, 0.3) is 0 Å². The van der Waals surface area contributed by atoms with E-state index in [1.54, 1.807) is 23.0 Å². The van der Waals surface area contributed by atoms with Crippen molar-refractivity contribution >= 4 is 17.5 Å². The first-order chi connectivity index (χ1) is 14.6. The van der Waals surface area contributed by atoms with E-state index in [0.717, 1.165) is 18.6 Å². The minimum Gasteiger partial charge on any atom is -0.486 e. The lowest BCUT2D eigenvalue weighted by molar-refractivity contribution is 0.0958. The molecule has 2 N–H and O–H groups in total. The fourth-order valence-electron chi connectivity index (χ4n) is 3.51. The van der Waals surface area contributed by atoms with Crippen LogP contribution in [0.1, 0.15) is 51.3 Å². The van der Waals surface area contributed by atoms with Crippen LogP contribution >= 0.6 is 0 Å². The highest BCUT2D eigenvalue weighted by Gasteiger charge is 2.20. The van der Waals surface area contributed by atoms with E-state index in [4.69, 9.17) is 9.15 Å². The van der Waals surface area contributed by atoms with Crippen molar-refractivity contribution in [1.29, 1.82) is 0 Å². The Balaban J connectivity index is 1.41. The number of fused-ring (bicyclic) bond motifs is 1. The highest BCUT2D eigenvalue weighted by Crippen LogP contribution is 2.26. The van der Waals surface area contributed by atoms with Gasteiger partial charge in [-0.2, -0.15) is 5.10 Å². The molecule has 0 atom stereocenters. The summed E-state index contributed by atoms with van der Waals surface area (Å²) < 4.78 is 13.0. The number of anilines is 1. The number of aryl methyl sites for hydroxylation is 3. The molecule has 156 valence electrons. The zero-order valence-corrected chi connectivity index (χ0v) is 17.0. The average Bonchev–Trinajstić information content (AvgIpc) is 3.50. The number of benzene rings is 1. The lowest BCUT2D eigenvalue weighted by atomic mass is 10.1. The molecule has 0 fully saturated rings. The lowest BCUT2D eigenvalue weighted by Crippen LogP contribution is -2.21. The van der Waals surface area contributed by atoms with Crippen LogP contribution in [0, 0.1) is 0 Å². The van der Waals surface area contributed by atoms with Gasteiger partial charge in [0.05, 0.1) is 5.69 Å². The molecule has 1 aliphatic carbocycles. The van der Waals surface area contributed by atoms with Crippen LogP contribution < -0.4 is 15.4 Å². The molecule has 2 aromatic heterocycles. The summed E-state index contributed by atoms with van der Waals surface area (Å²) in [4.78, 5) is 24.6. The summed E-state index contributed by atoms with van der Waals surface area (Å²) in [6.07, 6.45) is 5.02. The number of aromatic nitrogens is 2. The van der Waals surface area contributed by atoms with Gasteiger partial charge in [0.1, 0.15) is 18.1 Å². The van der Waals surface area contributed by atoms with Crippen molar-refractivity contribution in [2.24, 2.45) is 0 Å². The maximum absolute atomic E-state index is 12.6. The Morgan fingerprint density at radius 1 is 1.17 bits per heavy atom. The third-order valence-corrected chi connectivity index (χ3v) is 5.11.